The third-order valence-electron chi connectivity index (χ3n) is 1.92. The smallest absolute Gasteiger partial charge is 0.174 e. The third-order valence-corrected chi connectivity index (χ3v) is 5.75. The van der Waals surface area contributed by atoms with Gasteiger partial charge in [-0.25, -0.2) is 8.42 Å². The van der Waals surface area contributed by atoms with Gasteiger partial charge in [-0.3, -0.25) is 4.79 Å². The minimum absolute atomic E-state index is 0.00398. The average molecular weight is 255 g/mol. The minimum Gasteiger partial charge on any atom is -0.297 e. The molecule has 1 fully saturated rings. The van der Waals surface area contributed by atoms with Crippen LogP contribution in [0.3, 0.4) is 0 Å². The van der Waals surface area contributed by atoms with Gasteiger partial charge in [0.1, 0.15) is 0 Å². The van der Waals surface area contributed by atoms with Gasteiger partial charge in [-0.15, -0.1) is 0 Å². The van der Waals surface area contributed by atoms with E-state index in [4.69, 9.17) is 0 Å². The quantitative estimate of drug-likeness (QED) is 0.707. The fourth-order valence-electron chi connectivity index (χ4n) is 0.876. The SMILES string of the molecule is CCS(=O)(=O)[C@H](Br)C(=O)C1CC1. The van der Waals surface area contributed by atoms with Crippen LogP contribution in [-0.2, 0) is 14.6 Å². The molecular weight excluding hydrogens is 244 g/mol. The average Bonchev–Trinajstić information content (AvgIpc) is 2.84. The summed E-state index contributed by atoms with van der Waals surface area (Å²) in [4.78, 5) is 11.3. The van der Waals surface area contributed by atoms with Gasteiger partial charge in [-0.2, -0.15) is 0 Å². The van der Waals surface area contributed by atoms with Crippen molar-refractivity contribution in [3.05, 3.63) is 0 Å². The second-order valence-electron chi connectivity index (χ2n) is 2.94. The van der Waals surface area contributed by atoms with Crippen molar-refractivity contribution in [2.45, 2.75) is 23.9 Å². The first-order valence-corrected chi connectivity index (χ1v) is 6.51. The van der Waals surface area contributed by atoms with Crippen LogP contribution in [0.25, 0.3) is 0 Å². The van der Waals surface area contributed by atoms with Crippen LogP contribution in [0.1, 0.15) is 19.8 Å². The van der Waals surface area contributed by atoms with Crippen molar-refractivity contribution in [2.75, 3.05) is 5.75 Å². The highest BCUT2D eigenvalue weighted by Gasteiger charge is 2.38. The standard InChI is InChI=1S/C7H11BrO3S/c1-2-12(10,11)7(8)6(9)5-3-4-5/h5,7H,2-4H2,1H3/t7-/m0/s1. The van der Waals surface area contributed by atoms with Crippen LogP contribution < -0.4 is 0 Å². The molecule has 3 nitrogen and oxygen atoms in total. The number of alkyl halides is 1. The molecule has 0 aliphatic heterocycles. The Morgan fingerprint density at radius 3 is 2.42 bits per heavy atom. The first kappa shape index (κ1) is 10.2. The number of carbonyl (C=O) groups is 1. The van der Waals surface area contributed by atoms with Crippen molar-refractivity contribution < 1.29 is 13.2 Å². The monoisotopic (exact) mass is 254 g/mol. The molecule has 0 aromatic rings. The number of hydrogen-bond acceptors (Lipinski definition) is 3. The van der Waals surface area contributed by atoms with E-state index in [9.17, 15) is 13.2 Å². The van der Waals surface area contributed by atoms with Crippen LogP contribution in [0, 0.1) is 5.92 Å². The molecule has 5 heteroatoms. The molecule has 70 valence electrons. The van der Waals surface area contributed by atoms with Crippen molar-refractivity contribution in [1.29, 1.82) is 0 Å². The maximum Gasteiger partial charge on any atom is 0.174 e. The second-order valence-corrected chi connectivity index (χ2v) is 6.84. The molecule has 1 aliphatic carbocycles. The normalized spacial score (nSPS) is 20.5. The first-order valence-electron chi connectivity index (χ1n) is 3.88. The Morgan fingerprint density at radius 1 is 1.58 bits per heavy atom. The second kappa shape index (κ2) is 3.46. The largest absolute Gasteiger partial charge is 0.297 e. The van der Waals surface area contributed by atoms with E-state index < -0.39 is 14.0 Å². The van der Waals surface area contributed by atoms with Gasteiger partial charge < -0.3 is 0 Å². The zero-order valence-corrected chi connectivity index (χ0v) is 9.19. The molecule has 1 rings (SSSR count). The number of halogens is 1. The molecule has 1 aliphatic rings. The van der Waals surface area contributed by atoms with Crippen molar-refractivity contribution in [1.82, 2.24) is 0 Å². The van der Waals surface area contributed by atoms with E-state index in [0.717, 1.165) is 12.8 Å². The molecule has 0 N–H and O–H groups in total. The number of Topliss-reactive ketones (excluding diaryl/α,β-unsaturated/α-hetero) is 1. The zero-order chi connectivity index (χ0) is 9.35. The molecule has 1 atom stereocenters. The predicted octanol–water partition coefficient (Wildman–Crippen LogP) is 1.12. The van der Waals surface area contributed by atoms with Crippen molar-refractivity contribution >= 4 is 31.6 Å². The van der Waals surface area contributed by atoms with E-state index in [1.165, 1.54) is 0 Å². The van der Waals surface area contributed by atoms with Gasteiger partial charge in [0.05, 0.1) is 0 Å². The topological polar surface area (TPSA) is 51.2 Å². The lowest BCUT2D eigenvalue weighted by atomic mass is 10.3. The highest BCUT2D eigenvalue weighted by atomic mass is 79.9. The Hall–Kier alpha value is 0.1000. The Bertz CT molecular complexity index is 279. The summed E-state index contributed by atoms with van der Waals surface area (Å²) < 4.78 is 21.4. The third kappa shape index (κ3) is 2.07. The van der Waals surface area contributed by atoms with E-state index in [1.807, 2.05) is 0 Å². The highest BCUT2D eigenvalue weighted by molar-refractivity contribution is 9.11. The number of hydrogen-bond donors (Lipinski definition) is 0. The van der Waals surface area contributed by atoms with E-state index >= 15 is 0 Å². The van der Waals surface area contributed by atoms with Gasteiger partial charge in [-0.05, 0) is 12.8 Å². The van der Waals surface area contributed by atoms with Gasteiger partial charge in [0.2, 0.25) is 0 Å². The molecule has 0 amide bonds. The van der Waals surface area contributed by atoms with Crippen molar-refractivity contribution in [3.63, 3.8) is 0 Å². The Balaban J connectivity index is 2.69. The van der Waals surface area contributed by atoms with Crippen LogP contribution in [0.15, 0.2) is 0 Å². The fourth-order valence-corrected chi connectivity index (χ4v) is 2.88. The number of ketones is 1. The Morgan fingerprint density at radius 2 is 2.08 bits per heavy atom. The number of rotatable bonds is 4. The van der Waals surface area contributed by atoms with Crippen LogP contribution in [0.5, 0.6) is 0 Å². The lowest BCUT2D eigenvalue weighted by Crippen LogP contribution is -2.27. The van der Waals surface area contributed by atoms with Crippen LogP contribution >= 0.6 is 15.9 Å². The number of sulfone groups is 1. The van der Waals surface area contributed by atoms with Gasteiger partial charge in [-0.1, -0.05) is 22.9 Å². The van der Waals surface area contributed by atoms with Crippen molar-refractivity contribution in [2.24, 2.45) is 5.92 Å². The van der Waals surface area contributed by atoms with E-state index in [1.54, 1.807) is 6.92 Å². The summed E-state index contributed by atoms with van der Waals surface area (Å²) in [6.07, 6.45) is 1.69. The molecule has 0 unspecified atom stereocenters. The van der Waals surface area contributed by atoms with E-state index in [-0.39, 0.29) is 17.5 Å². The molecule has 0 aromatic heterocycles. The fraction of sp³-hybridized carbons (Fsp3) is 0.857. The molecule has 0 bridgehead atoms. The lowest BCUT2D eigenvalue weighted by molar-refractivity contribution is -0.118. The van der Waals surface area contributed by atoms with E-state index in [0.29, 0.717) is 0 Å². The van der Waals surface area contributed by atoms with Crippen molar-refractivity contribution in [3.8, 4) is 0 Å². The molecular formula is C7H11BrO3S. The Kier molecular flexibility index (Phi) is 2.93. The summed E-state index contributed by atoms with van der Waals surface area (Å²) in [5.74, 6) is -0.158. The van der Waals surface area contributed by atoms with Gasteiger partial charge in [0.15, 0.2) is 19.8 Å². The molecule has 0 saturated heterocycles. The molecule has 0 spiro atoms. The summed E-state index contributed by atoms with van der Waals surface area (Å²) in [6.45, 7) is 1.55. The molecule has 0 aromatic carbocycles. The highest BCUT2D eigenvalue weighted by Crippen LogP contribution is 2.33. The Labute approximate surface area is 80.6 Å². The first-order chi connectivity index (χ1) is 5.49. The summed E-state index contributed by atoms with van der Waals surface area (Å²) in [7, 11) is -3.24. The molecule has 0 heterocycles. The lowest BCUT2D eigenvalue weighted by Gasteiger charge is -2.06. The summed E-state index contributed by atoms with van der Waals surface area (Å²) in [5.41, 5.74) is 0. The van der Waals surface area contributed by atoms with Gasteiger partial charge >= 0.3 is 0 Å². The predicted molar refractivity (Wildman–Crippen MR) is 49.9 cm³/mol. The van der Waals surface area contributed by atoms with Crippen LogP contribution in [-0.4, -0.2) is 24.1 Å². The van der Waals surface area contributed by atoms with Crippen LogP contribution in [0.2, 0.25) is 0 Å². The number of carbonyl (C=O) groups excluding carboxylic acids is 1. The molecule has 0 radical (unpaired) electrons. The molecule has 1 saturated carbocycles. The van der Waals surface area contributed by atoms with Gasteiger partial charge in [0.25, 0.3) is 0 Å². The summed E-state index contributed by atoms with van der Waals surface area (Å²) >= 11 is 2.93. The minimum atomic E-state index is -3.24. The van der Waals surface area contributed by atoms with E-state index in [2.05, 4.69) is 15.9 Å². The zero-order valence-electron chi connectivity index (χ0n) is 6.79. The van der Waals surface area contributed by atoms with Gasteiger partial charge in [0, 0.05) is 11.7 Å². The summed E-state index contributed by atoms with van der Waals surface area (Å²) in [6, 6.07) is 0. The maximum absolute atomic E-state index is 11.3. The summed E-state index contributed by atoms with van der Waals surface area (Å²) in [5, 5.41) is 0. The molecule has 12 heavy (non-hydrogen) atoms. The van der Waals surface area contributed by atoms with Crippen LogP contribution in [0.4, 0.5) is 0 Å². The maximum atomic E-state index is 11.3.